The first-order valence-electron chi connectivity index (χ1n) is 10.5. The van der Waals surface area contributed by atoms with E-state index in [-0.39, 0.29) is 5.91 Å². The number of aliphatic hydroxyl groups is 1. The number of nitrogens with zero attached hydrogens (tertiary/aromatic N) is 2. The second-order valence-electron chi connectivity index (χ2n) is 7.77. The smallest absolute Gasteiger partial charge is 0.263 e. The highest BCUT2D eigenvalue weighted by molar-refractivity contribution is 5.96. The standard InChI is InChI=1S/C24H26N4O3/c29-22(13-12-17-7-2-1-3-8-17)24(31)27-28-14-6-11-21(28)23(30)26-19-15-18-9-4-5-10-20(18)25-16-19/h1-5,7-10,15-16,21-22,29H,6,11-14H2,(H,26,30)(H,27,31)/t21-,22+/m0/s1. The van der Waals surface area contributed by atoms with Crippen LogP contribution in [0.3, 0.4) is 0 Å². The molecule has 2 atom stereocenters. The van der Waals surface area contributed by atoms with Crippen LogP contribution in [-0.4, -0.2) is 45.6 Å². The third-order valence-electron chi connectivity index (χ3n) is 5.52. The summed E-state index contributed by atoms with van der Waals surface area (Å²) in [6.07, 6.45) is 2.85. The third-order valence-corrected chi connectivity index (χ3v) is 5.52. The Morgan fingerprint density at radius 2 is 1.90 bits per heavy atom. The van der Waals surface area contributed by atoms with Crippen LogP contribution in [0, 0.1) is 0 Å². The maximum Gasteiger partial charge on any atom is 0.263 e. The van der Waals surface area contributed by atoms with Crippen LogP contribution in [0.4, 0.5) is 5.69 Å². The van der Waals surface area contributed by atoms with Crippen LogP contribution in [0.2, 0.25) is 0 Å². The number of hydrazine groups is 1. The Morgan fingerprint density at radius 3 is 2.74 bits per heavy atom. The molecule has 2 heterocycles. The van der Waals surface area contributed by atoms with E-state index in [1.807, 2.05) is 60.7 Å². The lowest BCUT2D eigenvalue weighted by molar-refractivity contribution is -0.136. The summed E-state index contributed by atoms with van der Waals surface area (Å²) in [7, 11) is 0. The van der Waals surface area contributed by atoms with Gasteiger partial charge < -0.3 is 10.4 Å². The molecule has 0 saturated carbocycles. The zero-order valence-corrected chi connectivity index (χ0v) is 17.2. The molecular weight excluding hydrogens is 392 g/mol. The zero-order valence-electron chi connectivity index (χ0n) is 17.2. The maximum atomic E-state index is 12.8. The minimum Gasteiger partial charge on any atom is -0.383 e. The van der Waals surface area contributed by atoms with Crippen LogP contribution in [0.25, 0.3) is 10.9 Å². The minimum absolute atomic E-state index is 0.200. The van der Waals surface area contributed by atoms with Gasteiger partial charge in [-0.3, -0.25) is 20.0 Å². The number of aliphatic hydroxyl groups excluding tert-OH is 1. The Labute approximate surface area is 181 Å². The number of pyridine rings is 1. The molecule has 4 rings (SSSR count). The molecule has 0 radical (unpaired) electrons. The van der Waals surface area contributed by atoms with Crippen LogP contribution in [0.1, 0.15) is 24.8 Å². The molecule has 7 nitrogen and oxygen atoms in total. The molecule has 0 unspecified atom stereocenters. The molecule has 0 spiro atoms. The van der Waals surface area contributed by atoms with E-state index in [1.165, 1.54) is 0 Å². The molecule has 2 aromatic carbocycles. The fourth-order valence-corrected chi connectivity index (χ4v) is 3.83. The number of rotatable bonds is 7. The number of anilines is 1. The van der Waals surface area contributed by atoms with Gasteiger partial charge in [0, 0.05) is 11.9 Å². The van der Waals surface area contributed by atoms with Crippen molar-refractivity contribution < 1.29 is 14.7 Å². The van der Waals surface area contributed by atoms with Gasteiger partial charge in [0.1, 0.15) is 12.1 Å². The van der Waals surface area contributed by atoms with Gasteiger partial charge in [-0.25, -0.2) is 5.01 Å². The van der Waals surface area contributed by atoms with E-state index in [0.29, 0.717) is 31.5 Å². The molecule has 1 aromatic heterocycles. The first kappa shape index (κ1) is 21.0. The quantitative estimate of drug-likeness (QED) is 0.548. The third kappa shape index (κ3) is 5.25. The van der Waals surface area contributed by atoms with Crippen molar-refractivity contribution in [1.82, 2.24) is 15.4 Å². The summed E-state index contributed by atoms with van der Waals surface area (Å²) < 4.78 is 0. The van der Waals surface area contributed by atoms with Gasteiger partial charge in [-0.1, -0.05) is 48.5 Å². The van der Waals surface area contributed by atoms with Crippen molar-refractivity contribution in [2.24, 2.45) is 0 Å². The van der Waals surface area contributed by atoms with Crippen molar-refractivity contribution >= 4 is 28.4 Å². The molecule has 3 aromatic rings. The zero-order chi connectivity index (χ0) is 21.6. The number of amides is 2. The Kier molecular flexibility index (Phi) is 6.54. The molecule has 0 aliphatic carbocycles. The van der Waals surface area contributed by atoms with Crippen LogP contribution in [0.15, 0.2) is 66.9 Å². The lowest BCUT2D eigenvalue weighted by Gasteiger charge is -2.25. The second-order valence-corrected chi connectivity index (χ2v) is 7.77. The van der Waals surface area contributed by atoms with Gasteiger partial charge in [0.25, 0.3) is 5.91 Å². The molecule has 7 heteroatoms. The van der Waals surface area contributed by atoms with Crippen LogP contribution >= 0.6 is 0 Å². The summed E-state index contributed by atoms with van der Waals surface area (Å²) in [6, 6.07) is 18.8. The molecule has 1 aliphatic heterocycles. The fraction of sp³-hybridized carbons (Fsp3) is 0.292. The van der Waals surface area contributed by atoms with Gasteiger partial charge >= 0.3 is 0 Å². The van der Waals surface area contributed by atoms with E-state index in [9.17, 15) is 14.7 Å². The number of aromatic nitrogens is 1. The number of aryl methyl sites for hydroxylation is 1. The normalized spacial score (nSPS) is 17.4. The van der Waals surface area contributed by atoms with Gasteiger partial charge in [0.15, 0.2) is 0 Å². The van der Waals surface area contributed by atoms with Crippen LogP contribution in [0.5, 0.6) is 0 Å². The lowest BCUT2D eigenvalue weighted by atomic mass is 10.1. The van der Waals surface area contributed by atoms with Crippen LogP contribution < -0.4 is 10.7 Å². The highest BCUT2D eigenvalue weighted by atomic mass is 16.3. The monoisotopic (exact) mass is 418 g/mol. The van der Waals surface area contributed by atoms with Crippen molar-refractivity contribution in [1.29, 1.82) is 0 Å². The molecule has 2 amide bonds. The summed E-state index contributed by atoms with van der Waals surface area (Å²) in [5.74, 6) is -0.684. The maximum absolute atomic E-state index is 12.8. The van der Waals surface area contributed by atoms with Gasteiger partial charge in [0.05, 0.1) is 17.4 Å². The molecule has 31 heavy (non-hydrogen) atoms. The average Bonchev–Trinajstić information content (AvgIpc) is 3.26. The van der Waals surface area contributed by atoms with Crippen molar-refractivity contribution in [3.05, 3.63) is 72.4 Å². The molecule has 0 bridgehead atoms. The fourth-order valence-electron chi connectivity index (χ4n) is 3.83. The van der Waals surface area contributed by atoms with Gasteiger partial charge in [-0.15, -0.1) is 0 Å². The van der Waals surface area contributed by atoms with Gasteiger partial charge in [0.2, 0.25) is 5.91 Å². The van der Waals surface area contributed by atoms with Gasteiger partial charge in [-0.2, -0.15) is 0 Å². The number of benzene rings is 2. The van der Waals surface area contributed by atoms with E-state index in [1.54, 1.807) is 11.2 Å². The molecule has 3 N–H and O–H groups in total. The summed E-state index contributed by atoms with van der Waals surface area (Å²) in [5.41, 5.74) is 5.27. The number of fused-ring (bicyclic) bond motifs is 1. The highest BCUT2D eigenvalue weighted by Crippen LogP contribution is 2.20. The van der Waals surface area contributed by atoms with E-state index < -0.39 is 18.1 Å². The number of hydrogen-bond acceptors (Lipinski definition) is 5. The summed E-state index contributed by atoms with van der Waals surface area (Å²) in [6.45, 7) is 0.561. The highest BCUT2D eigenvalue weighted by Gasteiger charge is 2.33. The Hall–Kier alpha value is -3.29. The topological polar surface area (TPSA) is 94.6 Å². The molecule has 1 saturated heterocycles. The summed E-state index contributed by atoms with van der Waals surface area (Å²) in [4.78, 5) is 29.6. The molecule has 160 valence electrons. The van der Waals surface area contributed by atoms with E-state index in [0.717, 1.165) is 22.9 Å². The van der Waals surface area contributed by atoms with Crippen molar-refractivity contribution in [2.75, 3.05) is 11.9 Å². The first-order chi connectivity index (χ1) is 15.1. The van der Waals surface area contributed by atoms with Crippen molar-refractivity contribution in [3.63, 3.8) is 0 Å². The number of carbonyl (C=O) groups excluding carboxylic acids is 2. The van der Waals surface area contributed by atoms with Gasteiger partial charge in [-0.05, 0) is 43.4 Å². The van der Waals surface area contributed by atoms with E-state index in [4.69, 9.17) is 0 Å². The summed E-state index contributed by atoms with van der Waals surface area (Å²) in [5, 5.41) is 15.7. The molecule has 1 aliphatic rings. The van der Waals surface area contributed by atoms with Crippen LogP contribution in [-0.2, 0) is 16.0 Å². The Bertz CT molecular complexity index is 1060. The lowest BCUT2D eigenvalue weighted by Crippen LogP contribution is -2.52. The minimum atomic E-state index is -1.13. The molecular formula is C24H26N4O3. The Balaban J connectivity index is 1.33. The average molecular weight is 418 g/mol. The van der Waals surface area contributed by atoms with Crippen molar-refractivity contribution in [2.45, 2.75) is 37.8 Å². The number of carbonyl (C=O) groups is 2. The Morgan fingerprint density at radius 1 is 1.13 bits per heavy atom. The number of hydrogen-bond donors (Lipinski definition) is 3. The number of nitrogens with one attached hydrogen (secondary N) is 2. The molecule has 1 fully saturated rings. The predicted octanol–water partition coefficient (Wildman–Crippen LogP) is 2.66. The van der Waals surface area contributed by atoms with E-state index >= 15 is 0 Å². The van der Waals surface area contributed by atoms with Crippen molar-refractivity contribution in [3.8, 4) is 0 Å². The number of para-hydroxylation sites is 1. The second kappa shape index (κ2) is 9.68. The summed E-state index contributed by atoms with van der Waals surface area (Å²) >= 11 is 0. The van der Waals surface area contributed by atoms with E-state index in [2.05, 4.69) is 15.7 Å². The first-order valence-corrected chi connectivity index (χ1v) is 10.5. The largest absolute Gasteiger partial charge is 0.383 e. The predicted molar refractivity (Wildman–Crippen MR) is 119 cm³/mol. The SMILES string of the molecule is O=C(NN1CCC[C@H]1C(=O)Nc1cnc2ccccc2c1)[C@H](O)CCc1ccccc1.